The number of nitrogens with one attached hydrogen (secondary N) is 1. The van der Waals surface area contributed by atoms with E-state index in [0.29, 0.717) is 19.0 Å². The Morgan fingerprint density at radius 3 is 2.52 bits per heavy atom. The highest BCUT2D eigenvalue weighted by Crippen LogP contribution is 2.23. The van der Waals surface area contributed by atoms with Crippen LogP contribution in [0.25, 0.3) is 5.69 Å². The number of nitrogens with zero attached hydrogens (tertiary/aromatic N) is 3. The molecule has 1 saturated heterocycles. The summed E-state index contributed by atoms with van der Waals surface area (Å²) < 4.78 is 28.8. The highest BCUT2D eigenvalue weighted by atomic mass is 35.5. The van der Waals surface area contributed by atoms with E-state index >= 15 is 0 Å². The second-order valence-electron chi connectivity index (χ2n) is 6.11. The fourth-order valence-electron chi connectivity index (χ4n) is 3.01. The minimum atomic E-state index is -3.46. The van der Waals surface area contributed by atoms with Crippen LogP contribution in [0, 0.1) is 5.92 Å². The van der Waals surface area contributed by atoms with Gasteiger partial charge in [0.2, 0.25) is 10.0 Å². The summed E-state index contributed by atoms with van der Waals surface area (Å²) in [6, 6.07) is 9.52. The molecule has 0 atom stereocenters. The summed E-state index contributed by atoms with van der Waals surface area (Å²) >= 11 is 0. The molecule has 0 radical (unpaired) electrons. The number of hydrogen-bond acceptors (Lipinski definition) is 4. The van der Waals surface area contributed by atoms with E-state index in [1.807, 2.05) is 30.3 Å². The summed E-state index contributed by atoms with van der Waals surface area (Å²) in [5.41, 5.74) is 0.850. The number of aromatic nitrogens is 2. The third kappa shape index (κ3) is 4.61. The molecule has 1 fully saturated rings. The second kappa shape index (κ2) is 8.80. The van der Waals surface area contributed by atoms with Gasteiger partial charge in [0.25, 0.3) is 0 Å². The van der Waals surface area contributed by atoms with Gasteiger partial charge in [-0.15, -0.1) is 12.4 Å². The zero-order valence-corrected chi connectivity index (χ0v) is 16.0. The van der Waals surface area contributed by atoms with Gasteiger partial charge in [0.15, 0.2) is 0 Å². The molecule has 138 valence electrons. The molecule has 1 aliphatic rings. The predicted octanol–water partition coefficient (Wildman–Crippen LogP) is 2.30. The standard InChI is InChI=1S/C17H24N4O2S.ClH/c1-2-18-12-15-8-10-20(11-9-15)24(22,23)17-13-19-21(14-17)16-6-4-3-5-7-16;/h3-7,13-15,18H,2,8-12H2,1H3;1H. The van der Waals surface area contributed by atoms with Crippen LogP contribution >= 0.6 is 12.4 Å². The average molecular weight is 385 g/mol. The summed E-state index contributed by atoms with van der Waals surface area (Å²) in [6.45, 7) is 5.17. The lowest BCUT2D eigenvalue weighted by Crippen LogP contribution is -2.40. The highest BCUT2D eigenvalue weighted by Gasteiger charge is 2.30. The maximum Gasteiger partial charge on any atom is 0.246 e. The first-order valence-electron chi connectivity index (χ1n) is 8.42. The molecule has 0 spiro atoms. The molecule has 0 aliphatic carbocycles. The van der Waals surface area contributed by atoms with Gasteiger partial charge in [0, 0.05) is 13.1 Å². The van der Waals surface area contributed by atoms with Gasteiger partial charge in [-0.05, 0) is 44.0 Å². The molecule has 2 aromatic rings. The third-order valence-corrected chi connectivity index (χ3v) is 6.33. The van der Waals surface area contributed by atoms with Crippen molar-refractivity contribution in [3.63, 3.8) is 0 Å². The molecule has 0 unspecified atom stereocenters. The number of piperidine rings is 1. The van der Waals surface area contributed by atoms with Crippen molar-refractivity contribution in [1.29, 1.82) is 0 Å². The molecule has 25 heavy (non-hydrogen) atoms. The van der Waals surface area contributed by atoms with Crippen LogP contribution in [0.3, 0.4) is 0 Å². The van der Waals surface area contributed by atoms with Crippen LogP contribution in [-0.4, -0.2) is 48.7 Å². The maximum atomic E-state index is 12.8. The molecule has 1 N–H and O–H groups in total. The number of rotatable bonds is 6. The predicted molar refractivity (Wildman–Crippen MR) is 101 cm³/mol. The smallest absolute Gasteiger partial charge is 0.246 e. The van der Waals surface area contributed by atoms with Crippen LogP contribution in [0.2, 0.25) is 0 Å². The highest BCUT2D eigenvalue weighted by molar-refractivity contribution is 7.89. The van der Waals surface area contributed by atoms with Crippen LogP contribution in [-0.2, 0) is 10.0 Å². The van der Waals surface area contributed by atoms with Crippen LogP contribution in [0.4, 0.5) is 0 Å². The van der Waals surface area contributed by atoms with E-state index in [2.05, 4.69) is 17.3 Å². The van der Waals surface area contributed by atoms with Crippen LogP contribution in [0.5, 0.6) is 0 Å². The van der Waals surface area contributed by atoms with Crippen molar-refractivity contribution >= 4 is 22.4 Å². The summed E-state index contributed by atoms with van der Waals surface area (Å²) in [5.74, 6) is 0.559. The summed E-state index contributed by atoms with van der Waals surface area (Å²) in [7, 11) is -3.46. The van der Waals surface area contributed by atoms with Gasteiger partial charge in [-0.3, -0.25) is 0 Å². The van der Waals surface area contributed by atoms with E-state index in [-0.39, 0.29) is 17.3 Å². The first-order valence-corrected chi connectivity index (χ1v) is 9.86. The molecule has 8 heteroatoms. The molecular weight excluding hydrogens is 360 g/mol. The summed E-state index contributed by atoms with van der Waals surface area (Å²) in [4.78, 5) is 0.261. The molecule has 2 heterocycles. The minimum absolute atomic E-state index is 0. The van der Waals surface area contributed by atoms with E-state index in [1.54, 1.807) is 15.2 Å². The van der Waals surface area contributed by atoms with E-state index in [9.17, 15) is 8.42 Å². The number of para-hydroxylation sites is 1. The largest absolute Gasteiger partial charge is 0.317 e. The van der Waals surface area contributed by atoms with Gasteiger partial charge in [0.1, 0.15) is 4.90 Å². The van der Waals surface area contributed by atoms with Gasteiger partial charge in [-0.25, -0.2) is 13.1 Å². The number of halogens is 1. The van der Waals surface area contributed by atoms with E-state index in [4.69, 9.17) is 0 Å². The van der Waals surface area contributed by atoms with Crippen molar-refractivity contribution in [3.8, 4) is 5.69 Å². The molecule has 1 aliphatic heterocycles. The lowest BCUT2D eigenvalue weighted by molar-refractivity contribution is 0.268. The fourth-order valence-corrected chi connectivity index (χ4v) is 4.42. The first-order chi connectivity index (χ1) is 11.6. The SMILES string of the molecule is CCNCC1CCN(S(=O)(=O)c2cnn(-c3ccccc3)c2)CC1.Cl. The lowest BCUT2D eigenvalue weighted by Gasteiger charge is -2.30. The van der Waals surface area contributed by atoms with Gasteiger partial charge in [-0.1, -0.05) is 25.1 Å². The Bertz CT molecular complexity index is 756. The second-order valence-corrected chi connectivity index (χ2v) is 8.05. The average Bonchev–Trinajstić information content (AvgIpc) is 3.12. The number of sulfonamides is 1. The molecular formula is C17H25ClN4O2S. The first kappa shape index (κ1) is 19.9. The molecule has 0 amide bonds. The molecule has 0 saturated carbocycles. The minimum Gasteiger partial charge on any atom is -0.317 e. The van der Waals surface area contributed by atoms with E-state index < -0.39 is 10.0 Å². The van der Waals surface area contributed by atoms with Crippen LogP contribution in [0.15, 0.2) is 47.6 Å². The Balaban J connectivity index is 0.00000225. The van der Waals surface area contributed by atoms with Gasteiger partial charge >= 0.3 is 0 Å². The third-order valence-electron chi connectivity index (χ3n) is 4.47. The van der Waals surface area contributed by atoms with Crippen LogP contribution in [0.1, 0.15) is 19.8 Å². The van der Waals surface area contributed by atoms with E-state index in [1.165, 1.54) is 6.20 Å². The molecule has 3 rings (SSSR count). The van der Waals surface area contributed by atoms with Crippen molar-refractivity contribution in [2.24, 2.45) is 5.92 Å². The zero-order chi connectivity index (χ0) is 17.0. The number of benzene rings is 1. The Kier molecular flexibility index (Phi) is 7.01. The van der Waals surface area contributed by atoms with Crippen molar-refractivity contribution < 1.29 is 8.42 Å². The Morgan fingerprint density at radius 1 is 1.20 bits per heavy atom. The number of hydrogen-bond donors (Lipinski definition) is 1. The quantitative estimate of drug-likeness (QED) is 0.829. The van der Waals surface area contributed by atoms with Crippen LogP contribution < -0.4 is 5.32 Å². The molecule has 1 aromatic heterocycles. The topological polar surface area (TPSA) is 67.2 Å². The van der Waals surface area contributed by atoms with Crippen molar-refractivity contribution in [1.82, 2.24) is 19.4 Å². The lowest BCUT2D eigenvalue weighted by atomic mass is 9.98. The summed E-state index contributed by atoms with van der Waals surface area (Å²) in [6.07, 6.45) is 4.83. The van der Waals surface area contributed by atoms with Gasteiger partial charge in [-0.2, -0.15) is 9.40 Å². The Hall–Kier alpha value is -1.41. The zero-order valence-electron chi connectivity index (χ0n) is 14.3. The van der Waals surface area contributed by atoms with Crippen molar-refractivity contribution in [2.75, 3.05) is 26.2 Å². The molecule has 1 aromatic carbocycles. The molecule has 6 nitrogen and oxygen atoms in total. The monoisotopic (exact) mass is 384 g/mol. The fraction of sp³-hybridized carbons (Fsp3) is 0.471. The van der Waals surface area contributed by atoms with E-state index in [0.717, 1.165) is 31.6 Å². The Morgan fingerprint density at radius 2 is 1.88 bits per heavy atom. The van der Waals surface area contributed by atoms with Crippen molar-refractivity contribution in [3.05, 3.63) is 42.7 Å². The molecule has 0 bridgehead atoms. The maximum absolute atomic E-state index is 12.8. The van der Waals surface area contributed by atoms with Crippen molar-refractivity contribution in [2.45, 2.75) is 24.7 Å². The normalized spacial score (nSPS) is 16.5. The Labute approximate surface area is 155 Å². The van der Waals surface area contributed by atoms with Gasteiger partial charge in [0.05, 0.1) is 18.1 Å². The summed E-state index contributed by atoms with van der Waals surface area (Å²) in [5, 5.41) is 7.55. The van der Waals surface area contributed by atoms with Gasteiger partial charge < -0.3 is 5.32 Å².